The van der Waals surface area contributed by atoms with Crippen LogP contribution < -0.4 is 5.32 Å². The van der Waals surface area contributed by atoms with E-state index in [1.54, 1.807) is 11.8 Å². The molecule has 0 bridgehead atoms. The number of aryl methyl sites for hydroxylation is 1. The lowest BCUT2D eigenvalue weighted by atomic mass is 10.4. The number of nitrogens with one attached hydrogen (secondary N) is 1. The van der Waals surface area contributed by atoms with Gasteiger partial charge in [-0.2, -0.15) is 0 Å². The molecule has 0 aliphatic heterocycles. The highest BCUT2D eigenvalue weighted by molar-refractivity contribution is 7.13. The van der Waals surface area contributed by atoms with Crippen LogP contribution in [-0.4, -0.2) is 40.1 Å². The van der Waals surface area contributed by atoms with Gasteiger partial charge in [0.1, 0.15) is 9.88 Å². The van der Waals surface area contributed by atoms with Crippen LogP contribution in [0.3, 0.4) is 0 Å². The van der Waals surface area contributed by atoms with Crippen LogP contribution in [0.2, 0.25) is 0 Å². The predicted octanol–water partition coefficient (Wildman–Crippen LogP) is 1.70. The molecule has 0 saturated heterocycles. The van der Waals surface area contributed by atoms with Gasteiger partial charge in [0.25, 0.3) is 0 Å². The smallest absolute Gasteiger partial charge is 0.347 e. The molecule has 1 aromatic rings. The Morgan fingerprint density at radius 3 is 2.44 bits per heavy atom. The van der Waals surface area contributed by atoms with E-state index in [-0.39, 0.29) is 17.5 Å². The van der Waals surface area contributed by atoms with Crippen molar-refractivity contribution in [2.75, 3.05) is 13.1 Å². The SMILES string of the molecule is CCN(CC)C(=O)NCc1nc(C)c(C(=O)O)s1. The van der Waals surface area contributed by atoms with Gasteiger partial charge in [0, 0.05) is 13.1 Å². The summed E-state index contributed by atoms with van der Waals surface area (Å²) in [6, 6.07) is -0.162. The normalized spacial score (nSPS) is 10.2. The molecule has 0 aliphatic rings. The minimum absolute atomic E-state index is 0.162. The first-order chi connectivity index (χ1) is 8.49. The summed E-state index contributed by atoms with van der Waals surface area (Å²) in [4.78, 5) is 28.5. The summed E-state index contributed by atoms with van der Waals surface area (Å²) >= 11 is 1.09. The summed E-state index contributed by atoms with van der Waals surface area (Å²) in [7, 11) is 0. The Labute approximate surface area is 110 Å². The van der Waals surface area contributed by atoms with Crippen molar-refractivity contribution in [2.24, 2.45) is 0 Å². The molecule has 1 aromatic heterocycles. The van der Waals surface area contributed by atoms with Crippen molar-refractivity contribution in [1.29, 1.82) is 0 Å². The zero-order chi connectivity index (χ0) is 13.7. The van der Waals surface area contributed by atoms with Gasteiger partial charge in [-0.3, -0.25) is 0 Å². The molecular formula is C11H17N3O3S. The van der Waals surface area contributed by atoms with Crippen molar-refractivity contribution in [3.05, 3.63) is 15.6 Å². The van der Waals surface area contributed by atoms with Crippen LogP contribution in [0, 0.1) is 6.92 Å². The summed E-state index contributed by atoms with van der Waals surface area (Å²) in [5.74, 6) is -0.980. The first-order valence-corrected chi connectivity index (χ1v) is 6.53. The first kappa shape index (κ1) is 14.4. The minimum atomic E-state index is -0.980. The van der Waals surface area contributed by atoms with E-state index >= 15 is 0 Å². The quantitative estimate of drug-likeness (QED) is 0.854. The molecule has 18 heavy (non-hydrogen) atoms. The fourth-order valence-corrected chi connectivity index (χ4v) is 2.34. The van der Waals surface area contributed by atoms with Crippen LogP contribution in [0.4, 0.5) is 4.79 Å². The van der Waals surface area contributed by atoms with Gasteiger partial charge in [0.15, 0.2) is 0 Å². The van der Waals surface area contributed by atoms with Gasteiger partial charge in [0.05, 0.1) is 12.2 Å². The molecular weight excluding hydrogens is 254 g/mol. The lowest BCUT2D eigenvalue weighted by Crippen LogP contribution is -2.39. The third kappa shape index (κ3) is 3.43. The van der Waals surface area contributed by atoms with Gasteiger partial charge in [-0.05, 0) is 20.8 Å². The van der Waals surface area contributed by atoms with Crippen LogP contribution in [-0.2, 0) is 6.54 Å². The number of carbonyl (C=O) groups excluding carboxylic acids is 1. The number of aromatic carboxylic acids is 1. The molecule has 0 radical (unpaired) electrons. The van der Waals surface area contributed by atoms with Crippen LogP contribution >= 0.6 is 11.3 Å². The average molecular weight is 271 g/mol. The summed E-state index contributed by atoms with van der Waals surface area (Å²) in [5, 5.41) is 12.2. The van der Waals surface area contributed by atoms with Crippen LogP contribution in [0.15, 0.2) is 0 Å². The Bertz CT molecular complexity index is 441. The van der Waals surface area contributed by atoms with E-state index in [0.717, 1.165) is 11.3 Å². The standard InChI is InChI=1S/C11H17N3O3S/c1-4-14(5-2)11(17)12-6-8-13-7(3)9(18-8)10(15)16/h4-6H2,1-3H3,(H,12,17)(H,15,16). The topological polar surface area (TPSA) is 82.5 Å². The number of hydrogen-bond donors (Lipinski definition) is 2. The van der Waals surface area contributed by atoms with Gasteiger partial charge in [-0.25, -0.2) is 14.6 Å². The maximum atomic E-state index is 11.7. The minimum Gasteiger partial charge on any atom is -0.477 e. The Morgan fingerprint density at radius 1 is 1.39 bits per heavy atom. The predicted molar refractivity (Wildman–Crippen MR) is 69.0 cm³/mol. The molecule has 0 aromatic carbocycles. The number of amides is 2. The molecule has 0 unspecified atom stereocenters. The van der Waals surface area contributed by atoms with Crippen molar-refractivity contribution in [2.45, 2.75) is 27.3 Å². The highest BCUT2D eigenvalue weighted by Gasteiger charge is 2.15. The second-order valence-corrected chi connectivity index (χ2v) is 4.74. The zero-order valence-corrected chi connectivity index (χ0v) is 11.5. The number of urea groups is 1. The molecule has 100 valence electrons. The fourth-order valence-electron chi connectivity index (χ4n) is 1.50. The van der Waals surface area contributed by atoms with E-state index in [2.05, 4.69) is 10.3 Å². The molecule has 2 amide bonds. The Kier molecular flexibility index (Phi) is 5.08. The van der Waals surface area contributed by atoms with Crippen LogP contribution in [0.1, 0.15) is 34.2 Å². The van der Waals surface area contributed by atoms with E-state index in [9.17, 15) is 9.59 Å². The average Bonchev–Trinajstić information content (AvgIpc) is 2.69. The molecule has 7 heteroatoms. The van der Waals surface area contributed by atoms with E-state index in [1.807, 2.05) is 13.8 Å². The van der Waals surface area contributed by atoms with Gasteiger partial charge in [0.2, 0.25) is 0 Å². The summed E-state index contributed by atoms with van der Waals surface area (Å²) in [5.41, 5.74) is 0.486. The molecule has 0 spiro atoms. The van der Waals surface area contributed by atoms with Crippen molar-refractivity contribution < 1.29 is 14.7 Å². The van der Waals surface area contributed by atoms with Crippen molar-refractivity contribution in [3.63, 3.8) is 0 Å². The number of aromatic nitrogens is 1. The second kappa shape index (κ2) is 6.34. The van der Waals surface area contributed by atoms with Gasteiger partial charge in [-0.15, -0.1) is 11.3 Å². The van der Waals surface area contributed by atoms with E-state index < -0.39 is 5.97 Å². The molecule has 0 aliphatic carbocycles. The largest absolute Gasteiger partial charge is 0.477 e. The number of nitrogens with zero attached hydrogens (tertiary/aromatic N) is 2. The molecule has 2 N–H and O–H groups in total. The van der Waals surface area contributed by atoms with E-state index in [0.29, 0.717) is 23.8 Å². The molecule has 0 atom stereocenters. The van der Waals surface area contributed by atoms with Crippen LogP contribution in [0.5, 0.6) is 0 Å². The van der Waals surface area contributed by atoms with E-state index in [1.165, 1.54) is 0 Å². The number of rotatable bonds is 5. The summed E-state index contributed by atoms with van der Waals surface area (Å²) in [6.45, 7) is 6.99. The second-order valence-electron chi connectivity index (χ2n) is 3.66. The molecule has 6 nitrogen and oxygen atoms in total. The van der Waals surface area contributed by atoms with Gasteiger partial charge >= 0.3 is 12.0 Å². The monoisotopic (exact) mass is 271 g/mol. The number of thiazole rings is 1. The number of carbonyl (C=O) groups is 2. The highest BCUT2D eigenvalue weighted by atomic mass is 32.1. The molecule has 0 saturated carbocycles. The Balaban J connectivity index is 2.61. The number of hydrogen-bond acceptors (Lipinski definition) is 4. The third-order valence-corrected chi connectivity index (χ3v) is 3.62. The van der Waals surface area contributed by atoms with E-state index in [4.69, 9.17) is 5.11 Å². The summed E-state index contributed by atoms with van der Waals surface area (Å²) in [6.07, 6.45) is 0. The first-order valence-electron chi connectivity index (χ1n) is 5.71. The Hall–Kier alpha value is -1.63. The van der Waals surface area contributed by atoms with Crippen molar-refractivity contribution >= 4 is 23.3 Å². The lowest BCUT2D eigenvalue weighted by molar-refractivity contribution is 0.0701. The van der Waals surface area contributed by atoms with Crippen LogP contribution in [0.25, 0.3) is 0 Å². The van der Waals surface area contributed by atoms with Gasteiger partial charge in [-0.1, -0.05) is 0 Å². The fraction of sp³-hybridized carbons (Fsp3) is 0.545. The lowest BCUT2D eigenvalue weighted by Gasteiger charge is -2.18. The maximum absolute atomic E-state index is 11.7. The maximum Gasteiger partial charge on any atom is 0.347 e. The molecule has 0 fully saturated rings. The number of carboxylic acids is 1. The third-order valence-electron chi connectivity index (χ3n) is 2.48. The highest BCUT2D eigenvalue weighted by Crippen LogP contribution is 2.17. The molecule has 1 heterocycles. The van der Waals surface area contributed by atoms with Crippen molar-refractivity contribution in [3.8, 4) is 0 Å². The Morgan fingerprint density at radius 2 is 2.00 bits per heavy atom. The van der Waals surface area contributed by atoms with Gasteiger partial charge < -0.3 is 15.3 Å². The molecule has 1 rings (SSSR count). The number of carboxylic acid groups (broad SMARTS) is 1. The van der Waals surface area contributed by atoms with Crippen molar-refractivity contribution in [1.82, 2.24) is 15.2 Å². The summed E-state index contributed by atoms with van der Waals surface area (Å²) < 4.78 is 0. The zero-order valence-electron chi connectivity index (χ0n) is 10.7.